The summed E-state index contributed by atoms with van der Waals surface area (Å²) in [6, 6.07) is 3.66. The molecule has 0 atom stereocenters. The zero-order chi connectivity index (χ0) is 15.5. The summed E-state index contributed by atoms with van der Waals surface area (Å²) in [6.45, 7) is 7.59. The lowest BCUT2D eigenvalue weighted by atomic mass is 10.1. The molecule has 1 aromatic rings. The van der Waals surface area contributed by atoms with Gasteiger partial charge in [-0.15, -0.1) is 0 Å². The van der Waals surface area contributed by atoms with Crippen molar-refractivity contribution in [1.29, 1.82) is 0 Å². The van der Waals surface area contributed by atoms with Crippen LogP contribution in [0.4, 0.5) is 13.2 Å². The number of halogens is 4. The number of alkyl halides is 3. The first-order valence-corrected chi connectivity index (χ1v) is 6.76. The molecule has 0 heterocycles. The smallest absolute Gasteiger partial charge is 0.166 e. The predicted octanol–water partition coefficient (Wildman–Crippen LogP) is 4.60. The largest absolute Gasteiger partial charge is 0.416 e. The van der Waals surface area contributed by atoms with Gasteiger partial charge in [0.05, 0.1) is 5.56 Å². The molecule has 0 N–H and O–H groups in total. The molecule has 4 heteroatoms. The van der Waals surface area contributed by atoms with Crippen molar-refractivity contribution < 1.29 is 13.2 Å². The number of rotatable bonds is 2. The average Bonchev–Trinajstić information content (AvgIpc) is 2.36. The molecule has 20 heavy (non-hydrogen) atoms. The highest BCUT2D eigenvalue weighted by Crippen LogP contribution is 2.27. The van der Waals surface area contributed by atoms with Gasteiger partial charge >= 0.3 is 6.18 Å². The van der Waals surface area contributed by atoms with Crippen LogP contribution in [0.25, 0.3) is 11.1 Å². The molecule has 0 bridgehead atoms. The molecule has 1 aromatic carbocycles. The Labute approximate surface area is 122 Å². The Balaban J connectivity index is 3.61. The number of hydrogen-bond acceptors (Lipinski definition) is 0. The highest BCUT2D eigenvalue weighted by atomic mass is 35.5. The van der Waals surface area contributed by atoms with Gasteiger partial charge in [0.2, 0.25) is 0 Å². The van der Waals surface area contributed by atoms with Gasteiger partial charge in [-0.25, -0.2) is 0 Å². The summed E-state index contributed by atoms with van der Waals surface area (Å²) in [4.78, 5) is 0. The van der Waals surface area contributed by atoms with E-state index in [2.05, 4.69) is 0 Å². The fourth-order valence-electron chi connectivity index (χ4n) is 1.79. The second-order valence-corrected chi connectivity index (χ2v) is 5.36. The van der Waals surface area contributed by atoms with Crippen molar-refractivity contribution >= 4 is 22.7 Å². The summed E-state index contributed by atoms with van der Waals surface area (Å²) < 4.78 is 38.2. The number of hydrogen-bond donors (Lipinski definition) is 0. The summed E-state index contributed by atoms with van der Waals surface area (Å²) >= 11 is 5.94. The van der Waals surface area contributed by atoms with Crippen molar-refractivity contribution in [1.82, 2.24) is 0 Å². The third-order valence-electron chi connectivity index (χ3n) is 3.33. The molecule has 0 fully saturated rings. The highest BCUT2D eigenvalue weighted by Gasteiger charge is 2.30. The Kier molecular flexibility index (Phi) is 5.46. The molecule has 0 aliphatic heterocycles. The fourth-order valence-corrected chi connectivity index (χ4v) is 1.96. The topological polar surface area (TPSA) is 0 Å². The van der Waals surface area contributed by atoms with Crippen LogP contribution >= 0.6 is 11.6 Å². The maximum atomic E-state index is 12.7. The lowest BCUT2D eigenvalue weighted by Crippen LogP contribution is -2.27. The fraction of sp³-hybridized carbons (Fsp3) is 0.375. The second-order valence-electron chi connectivity index (χ2n) is 4.79. The van der Waals surface area contributed by atoms with E-state index in [0.717, 1.165) is 24.1 Å². The van der Waals surface area contributed by atoms with E-state index in [1.165, 1.54) is 11.6 Å². The molecular weight excluding hydrogens is 285 g/mol. The first kappa shape index (κ1) is 16.8. The van der Waals surface area contributed by atoms with Gasteiger partial charge in [0.25, 0.3) is 0 Å². The molecule has 0 spiro atoms. The number of benzene rings is 1. The van der Waals surface area contributed by atoms with Gasteiger partial charge in [-0.3, -0.25) is 0 Å². The van der Waals surface area contributed by atoms with Crippen LogP contribution in [0.5, 0.6) is 0 Å². The molecule has 0 saturated carbocycles. The van der Waals surface area contributed by atoms with E-state index in [1.54, 1.807) is 6.92 Å². The summed E-state index contributed by atoms with van der Waals surface area (Å²) in [7, 11) is 0. The third kappa shape index (κ3) is 4.14. The van der Waals surface area contributed by atoms with Gasteiger partial charge in [-0.2, -0.15) is 13.2 Å². The first-order chi connectivity index (χ1) is 9.16. The summed E-state index contributed by atoms with van der Waals surface area (Å²) in [6.07, 6.45) is -1.58. The van der Waals surface area contributed by atoms with Gasteiger partial charge < -0.3 is 0 Å². The molecule has 0 amide bonds. The normalized spacial score (nSPS) is 16.1. The maximum absolute atomic E-state index is 12.7. The highest BCUT2D eigenvalue weighted by molar-refractivity contribution is 6.44. The summed E-state index contributed by atoms with van der Waals surface area (Å²) in [5.41, 5.74) is 1.56. The van der Waals surface area contributed by atoms with E-state index < -0.39 is 11.7 Å². The Morgan fingerprint density at radius 2 is 1.80 bits per heavy atom. The molecule has 0 aliphatic carbocycles. The van der Waals surface area contributed by atoms with E-state index in [9.17, 15) is 13.2 Å². The van der Waals surface area contributed by atoms with Crippen LogP contribution in [0, 0.1) is 0 Å². The number of allylic oxidation sites excluding steroid dienone is 2. The van der Waals surface area contributed by atoms with Gasteiger partial charge in [-0.05, 0) is 49.8 Å². The van der Waals surface area contributed by atoms with Crippen molar-refractivity contribution in [3.63, 3.8) is 0 Å². The molecular formula is C16H18ClF3. The summed E-state index contributed by atoms with van der Waals surface area (Å²) in [5.74, 6) is 0. The molecule has 0 unspecified atom stereocenters. The molecule has 110 valence electrons. The van der Waals surface area contributed by atoms with Gasteiger partial charge in [-0.1, -0.05) is 41.8 Å². The van der Waals surface area contributed by atoms with Crippen LogP contribution < -0.4 is 10.4 Å². The van der Waals surface area contributed by atoms with Crippen molar-refractivity contribution in [2.75, 3.05) is 0 Å². The van der Waals surface area contributed by atoms with Crippen molar-refractivity contribution in [3.05, 3.63) is 45.3 Å². The van der Waals surface area contributed by atoms with Crippen molar-refractivity contribution in [2.24, 2.45) is 0 Å². The van der Waals surface area contributed by atoms with Crippen LogP contribution in [0.1, 0.15) is 39.7 Å². The van der Waals surface area contributed by atoms with E-state index in [1.807, 2.05) is 26.8 Å². The monoisotopic (exact) mass is 302 g/mol. The minimum absolute atomic E-state index is 0.351. The SMILES string of the molecule is CC/C(C)=C(C)/C=c1/ccc(C(F)(F)F)c/c1=C(/C)Cl. The summed E-state index contributed by atoms with van der Waals surface area (Å²) in [5, 5.41) is 1.48. The molecule has 0 aliphatic rings. The zero-order valence-corrected chi connectivity index (χ0v) is 12.8. The molecule has 0 nitrogen and oxygen atoms in total. The molecule has 1 rings (SSSR count). The lowest BCUT2D eigenvalue weighted by Gasteiger charge is -2.07. The maximum Gasteiger partial charge on any atom is 0.416 e. The Bertz CT molecular complexity index is 633. The lowest BCUT2D eigenvalue weighted by molar-refractivity contribution is -0.137. The van der Waals surface area contributed by atoms with Gasteiger partial charge in [0.1, 0.15) is 0 Å². The van der Waals surface area contributed by atoms with Crippen LogP contribution in [0.3, 0.4) is 0 Å². The Morgan fingerprint density at radius 1 is 1.20 bits per heavy atom. The van der Waals surface area contributed by atoms with Crippen molar-refractivity contribution in [3.8, 4) is 0 Å². The minimum atomic E-state index is -4.36. The van der Waals surface area contributed by atoms with E-state index >= 15 is 0 Å². The van der Waals surface area contributed by atoms with Crippen LogP contribution in [0.2, 0.25) is 0 Å². The van der Waals surface area contributed by atoms with Crippen LogP contribution in [-0.2, 0) is 6.18 Å². The van der Waals surface area contributed by atoms with Gasteiger partial charge in [0.15, 0.2) is 0 Å². The quantitative estimate of drug-likeness (QED) is 0.749. The van der Waals surface area contributed by atoms with E-state index in [4.69, 9.17) is 11.6 Å². The van der Waals surface area contributed by atoms with E-state index in [0.29, 0.717) is 15.5 Å². The van der Waals surface area contributed by atoms with Crippen molar-refractivity contribution in [2.45, 2.75) is 40.3 Å². The molecule has 0 aromatic heterocycles. The first-order valence-electron chi connectivity index (χ1n) is 6.38. The predicted molar refractivity (Wildman–Crippen MR) is 78.8 cm³/mol. The molecule has 0 saturated heterocycles. The zero-order valence-electron chi connectivity index (χ0n) is 12.0. The standard InChI is InChI=1S/C16H18ClF3/c1-5-10(2)11(3)8-13-6-7-14(16(18,19)20)9-15(13)12(4)17/h6-9H,5H2,1-4H3/b11-10+,13-8-,15-12+. The molecule has 0 radical (unpaired) electrons. The average molecular weight is 303 g/mol. The van der Waals surface area contributed by atoms with E-state index in [-0.39, 0.29) is 0 Å². The third-order valence-corrected chi connectivity index (χ3v) is 3.53. The van der Waals surface area contributed by atoms with Gasteiger partial charge in [0, 0.05) is 5.03 Å². The Hall–Kier alpha value is -1.22. The van der Waals surface area contributed by atoms with Crippen LogP contribution in [-0.4, -0.2) is 0 Å². The van der Waals surface area contributed by atoms with Crippen LogP contribution in [0.15, 0.2) is 29.3 Å². The minimum Gasteiger partial charge on any atom is -0.166 e. The Morgan fingerprint density at radius 3 is 2.25 bits per heavy atom. The second kappa shape index (κ2) is 6.49.